The van der Waals surface area contributed by atoms with Gasteiger partial charge >= 0.3 is 5.97 Å². The van der Waals surface area contributed by atoms with Crippen LogP contribution in [0.15, 0.2) is 24.3 Å². The van der Waals surface area contributed by atoms with Gasteiger partial charge in [-0.3, -0.25) is 0 Å². The first-order valence-electron chi connectivity index (χ1n) is 5.66. The van der Waals surface area contributed by atoms with E-state index < -0.39 is 22.0 Å². The van der Waals surface area contributed by atoms with Crippen molar-refractivity contribution in [2.45, 2.75) is 18.7 Å². The number of hydrogen-bond donors (Lipinski definition) is 2. The summed E-state index contributed by atoms with van der Waals surface area (Å²) in [5.41, 5.74) is 0.611. The number of hydrogen-bond acceptors (Lipinski definition) is 4. The minimum Gasteiger partial charge on any atom is -0.478 e. The maximum atomic E-state index is 12.0. The zero-order valence-electron chi connectivity index (χ0n) is 10.8. The molecule has 19 heavy (non-hydrogen) atoms. The van der Waals surface area contributed by atoms with Crippen LogP contribution in [-0.4, -0.2) is 48.6 Å². The van der Waals surface area contributed by atoms with Crippen molar-refractivity contribution in [2.24, 2.45) is 0 Å². The number of aliphatic hydroxyl groups is 1. The van der Waals surface area contributed by atoms with Crippen molar-refractivity contribution >= 4 is 16.0 Å². The van der Waals surface area contributed by atoms with Crippen molar-refractivity contribution in [2.75, 3.05) is 13.7 Å². The molecule has 0 aliphatic rings. The van der Waals surface area contributed by atoms with Gasteiger partial charge in [-0.25, -0.2) is 13.2 Å². The lowest BCUT2D eigenvalue weighted by Gasteiger charge is -2.22. The highest BCUT2D eigenvalue weighted by molar-refractivity contribution is 7.88. The largest absolute Gasteiger partial charge is 0.478 e. The Hall–Kier alpha value is -1.44. The van der Waals surface area contributed by atoms with E-state index in [0.717, 1.165) is 4.31 Å². The lowest BCUT2D eigenvalue weighted by molar-refractivity contribution is 0.0697. The molecule has 2 N–H and O–H groups in total. The van der Waals surface area contributed by atoms with Crippen LogP contribution in [-0.2, 0) is 15.8 Å². The molecule has 1 aromatic rings. The number of aliphatic hydroxyl groups excluding tert-OH is 1. The molecule has 0 saturated carbocycles. The van der Waals surface area contributed by atoms with E-state index >= 15 is 0 Å². The van der Waals surface area contributed by atoms with E-state index in [4.69, 9.17) is 10.2 Å². The number of carboxylic acids is 1. The molecule has 0 amide bonds. The van der Waals surface area contributed by atoms with Gasteiger partial charge in [0.15, 0.2) is 0 Å². The average molecular weight is 287 g/mol. The smallest absolute Gasteiger partial charge is 0.335 e. The topological polar surface area (TPSA) is 94.9 Å². The van der Waals surface area contributed by atoms with Gasteiger partial charge in [-0.2, -0.15) is 4.31 Å². The predicted molar refractivity (Wildman–Crippen MR) is 70.3 cm³/mol. The fourth-order valence-corrected chi connectivity index (χ4v) is 2.88. The number of sulfonamides is 1. The van der Waals surface area contributed by atoms with E-state index in [0.29, 0.717) is 5.56 Å². The molecule has 0 heterocycles. The lowest BCUT2D eigenvalue weighted by atomic mass is 10.1. The quantitative estimate of drug-likeness (QED) is 0.795. The lowest BCUT2D eigenvalue weighted by Crippen LogP contribution is -2.38. The third kappa shape index (κ3) is 4.02. The Morgan fingerprint density at radius 2 is 1.84 bits per heavy atom. The minimum absolute atomic E-state index is 0.109. The van der Waals surface area contributed by atoms with Gasteiger partial charge in [0.1, 0.15) is 0 Å². The van der Waals surface area contributed by atoms with Gasteiger partial charge in [-0.1, -0.05) is 12.1 Å². The summed E-state index contributed by atoms with van der Waals surface area (Å²) < 4.78 is 25.1. The van der Waals surface area contributed by atoms with Crippen LogP contribution in [0.3, 0.4) is 0 Å². The highest BCUT2D eigenvalue weighted by Gasteiger charge is 2.23. The summed E-state index contributed by atoms with van der Waals surface area (Å²) in [6, 6.07) is 5.17. The van der Waals surface area contributed by atoms with Crippen LogP contribution in [0.25, 0.3) is 0 Å². The molecule has 0 saturated heterocycles. The number of rotatable bonds is 6. The Morgan fingerprint density at radius 3 is 2.26 bits per heavy atom. The molecule has 0 aliphatic carbocycles. The second-order valence-corrected chi connectivity index (χ2v) is 6.33. The number of nitrogens with zero attached hydrogens (tertiary/aromatic N) is 1. The molecule has 106 valence electrons. The number of likely N-dealkylation sites (N-methyl/N-ethyl adjacent to an activating group) is 1. The van der Waals surface area contributed by atoms with Gasteiger partial charge in [-0.05, 0) is 24.6 Å². The first kappa shape index (κ1) is 15.6. The van der Waals surface area contributed by atoms with Gasteiger partial charge < -0.3 is 10.2 Å². The molecule has 0 radical (unpaired) electrons. The maximum absolute atomic E-state index is 12.0. The summed E-state index contributed by atoms with van der Waals surface area (Å²) in [4.78, 5) is 10.7. The summed E-state index contributed by atoms with van der Waals surface area (Å²) in [6.45, 7) is 1.35. The molecule has 0 spiro atoms. The second kappa shape index (κ2) is 6.14. The number of aromatic carboxylic acids is 1. The summed E-state index contributed by atoms with van der Waals surface area (Å²) in [5, 5.41) is 17.7. The molecular weight excluding hydrogens is 270 g/mol. The van der Waals surface area contributed by atoms with Crippen LogP contribution in [0, 0.1) is 0 Å². The molecule has 1 atom stereocenters. The first-order valence-corrected chi connectivity index (χ1v) is 7.27. The fraction of sp³-hybridized carbons (Fsp3) is 0.417. The molecule has 0 aliphatic heterocycles. The predicted octanol–water partition coefficient (Wildman–Crippen LogP) is 0.527. The van der Waals surface area contributed by atoms with E-state index in [1.165, 1.54) is 31.3 Å². The number of carboxylic acid groups (broad SMARTS) is 1. The van der Waals surface area contributed by atoms with Gasteiger partial charge in [-0.15, -0.1) is 0 Å². The van der Waals surface area contributed by atoms with E-state index in [9.17, 15) is 13.2 Å². The Bertz CT molecular complexity index is 538. The van der Waals surface area contributed by atoms with Crippen molar-refractivity contribution in [3.8, 4) is 0 Å². The average Bonchev–Trinajstić information content (AvgIpc) is 2.37. The van der Waals surface area contributed by atoms with Gasteiger partial charge in [0, 0.05) is 13.1 Å². The first-order chi connectivity index (χ1) is 8.77. The van der Waals surface area contributed by atoms with Crippen molar-refractivity contribution in [3.63, 3.8) is 0 Å². The molecule has 7 heteroatoms. The van der Waals surface area contributed by atoms with Crippen molar-refractivity contribution < 1.29 is 23.4 Å². The van der Waals surface area contributed by atoms with Crippen molar-refractivity contribution in [1.82, 2.24) is 4.31 Å². The Kier molecular flexibility index (Phi) is 5.04. The van der Waals surface area contributed by atoms with Crippen LogP contribution < -0.4 is 0 Å². The molecular formula is C12H17NO5S. The summed E-state index contributed by atoms with van der Waals surface area (Å²) in [7, 11) is -2.13. The van der Waals surface area contributed by atoms with Crippen LogP contribution in [0.5, 0.6) is 0 Å². The Morgan fingerprint density at radius 1 is 1.32 bits per heavy atom. The van der Waals surface area contributed by atoms with Crippen molar-refractivity contribution in [3.05, 3.63) is 35.4 Å². The SMILES string of the molecule is CC(CO)N(C)S(=O)(=O)Cc1ccc(C(=O)O)cc1. The highest BCUT2D eigenvalue weighted by Crippen LogP contribution is 2.13. The zero-order valence-corrected chi connectivity index (χ0v) is 11.6. The molecule has 0 bridgehead atoms. The standard InChI is InChI=1S/C12H17NO5S/c1-9(7-14)13(2)19(17,18)8-10-3-5-11(6-4-10)12(15)16/h3-6,9,14H,7-8H2,1-2H3,(H,15,16). The van der Waals surface area contributed by atoms with E-state index in [-0.39, 0.29) is 17.9 Å². The van der Waals surface area contributed by atoms with Crippen LogP contribution >= 0.6 is 0 Å². The van der Waals surface area contributed by atoms with E-state index in [1.54, 1.807) is 6.92 Å². The molecule has 0 aromatic heterocycles. The molecule has 1 rings (SSSR count). The van der Waals surface area contributed by atoms with Crippen LogP contribution in [0.1, 0.15) is 22.8 Å². The fourth-order valence-electron chi connectivity index (χ4n) is 1.45. The summed E-state index contributed by atoms with van der Waals surface area (Å²) >= 11 is 0. The van der Waals surface area contributed by atoms with E-state index in [2.05, 4.69) is 0 Å². The Balaban J connectivity index is 2.86. The molecule has 6 nitrogen and oxygen atoms in total. The highest BCUT2D eigenvalue weighted by atomic mass is 32.2. The third-order valence-corrected chi connectivity index (χ3v) is 4.81. The molecule has 1 aromatic carbocycles. The summed E-state index contributed by atoms with van der Waals surface area (Å²) in [6.07, 6.45) is 0. The van der Waals surface area contributed by atoms with Gasteiger partial charge in [0.2, 0.25) is 10.0 Å². The number of carbonyl (C=O) groups is 1. The third-order valence-electron chi connectivity index (χ3n) is 2.87. The summed E-state index contributed by atoms with van der Waals surface area (Å²) in [5.74, 6) is -1.28. The zero-order chi connectivity index (χ0) is 14.6. The van der Waals surface area contributed by atoms with Gasteiger partial charge in [0.05, 0.1) is 17.9 Å². The molecule has 0 fully saturated rings. The van der Waals surface area contributed by atoms with E-state index in [1.807, 2.05) is 0 Å². The molecule has 1 unspecified atom stereocenters. The van der Waals surface area contributed by atoms with Crippen LogP contribution in [0.2, 0.25) is 0 Å². The maximum Gasteiger partial charge on any atom is 0.335 e. The Labute approximate surface area is 112 Å². The van der Waals surface area contributed by atoms with Gasteiger partial charge in [0.25, 0.3) is 0 Å². The monoisotopic (exact) mass is 287 g/mol. The van der Waals surface area contributed by atoms with Crippen LogP contribution in [0.4, 0.5) is 0 Å². The van der Waals surface area contributed by atoms with Crippen molar-refractivity contribution in [1.29, 1.82) is 0 Å². The minimum atomic E-state index is -3.53. The number of benzene rings is 1. The normalized spacial score (nSPS) is 13.5. The second-order valence-electron chi connectivity index (χ2n) is 4.31.